The number of carboxylic acids is 1. The molecule has 0 bridgehead atoms. The van der Waals surface area contributed by atoms with Gasteiger partial charge < -0.3 is 19.0 Å². The van der Waals surface area contributed by atoms with E-state index in [9.17, 15) is 9.59 Å². The molecule has 8 nitrogen and oxygen atoms in total. The molecule has 0 saturated carbocycles. The third-order valence-corrected chi connectivity index (χ3v) is 3.60. The van der Waals surface area contributed by atoms with Gasteiger partial charge in [-0.1, -0.05) is 0 Å². The first kappa shape index (κ1) is 19.4. The van der Waals surface area contributed by atoms with Crippen molar-refractivity contribution in [3.8, 4) is 0 Å². The molecule has 0 radical (unpaired) electrons. The molecule has 0 aliphatic carbocycles. The van der Waals surface area contributed by atoms with Crippen LogP contribution < -0.4 is 0 Å². The summed E-state index contributed by atoms with van der Waals surface area (Å²) in [6.45, 7) is 9.03. The summed E-state index contributed by atoms with van der Waals surface area (Å²) in [6, 6.07) is 0. The molecule has 1 N–H and O–H groups in total. The molecule has 0 amide bonds. The van der Waals surface area contributed by atoms with Crippen LogP contribution in [0.1, 0.15) is 34.6 Å². The van der Waals surface area contributed by atoms with Crippen molar-refractivity contribution < 1.29 is 19.4 Å². The molecule has 132 valence electrons. The van der Waals surface area contributed by atoms with Crippen molar-refractivity contribution in [1.29, 1.82) is 0 Å². The maximum absolute atomic E-state index is 11.5. The fourth-order valence-corrected chi connectivity index (χ4v) is 1.70. The Morgan fingerprint density at radius 1 is 1.00 bits per heavy atom. The molecule has 2 aromatic heterocycles. The Kier molecular flexibility index (Phi) is 6.27. The summed E-state index contributed by atoms with van der Waals surface area (Å²) in [4.78, 5) is 29.8. The number of carbonyl (C=O) groups is 2. The van der Waals surface area contributed by atoms with Gasteiger partial charge >= 0.3 is 11.9 Å². The molecule has 0 unspecified atom stereocenters. The summed E-state index contributed by atoms with van der Waals surface area (Å²) in [6.07, 6.45) is 9.68. The van der Waals surface area contributed by atoms with E-state index in [2.05, 4.69) is 9.97 Å². The molecule has 0 aromatic carbocycles. The number of ether oxygens (including phenoxy) is 1. The molecule has 0 atom stereocenters. The SMILES string of the molecule is CC(C)(C(=O)O)n1ccnc1.CCOC(=O)C(C)(C)n1ccnc1. The molecule has 24 heavy (non-hydrogen) atoms. The smallest absolute Gasteiger partial charge is 0.331 e. The molecule has 8 heteroatoms. The zero-order valence-corrected chi connectivity index (χ0v) is 14.6. The second kappa shape index (κ2) is 7.76. The van der Waals surface area contributed by atoms with E-state index >= 15 is 0 Å². The molecule has 0 spiro atoms. The van der Waals surface area contributed by atoms with Crippen molar-refractivity contribution in [2.45, 2.75) is 45.7 Å². The van der Waals surface area contributed by atoms with Gasteiger partial charge in [0.15, 0.2) is 0 Å². The van der Waals surface area contributed by atoms with E-state index in [1.54, 1.807) is 74.9 Å². The zero-order chi connectivity index (χ0) is 18.4. The summed E-state index contributed by atoms with van der Waals surface area (Å²) in [5.41, 5.74) is -1.58. The Bertz CT molecular complexity index is 646. The van der Waals surface area contributed by atoms with Gasteiger partial charge in [0.2, 0.25) is 0 Å². The highest BCUT2D eigenvalue weighted by Gasteiger charge is 2.30. The summed E-state index contributed by atoms with van der Waals surface area (Å²) >= 11 is 0. The van der Waals surface area contributed by atoms with Gasteiger partial charge in [-0.2, -0.15) is 0 Å². The summed E-state index contributed by atoms with van der Waals surface area (Å²) in [5, 5.41) is 8.76. The number of aliphatic carboxylic acids is 1. The lowest BCUT2D eigenvalue weighted by atomic mass is 10.1. The number of imidazole rings is 2. The van der Waals surface area contributed by atoms with E-state index in [0.717, 1.165) is 0 Å². The molecule has 2 aromatic rings. The van der Waals surface area contributed by atoms with E-state index in [-0.39, 0.29) is 5.97 Å². The Morgan fingerprint density at radius 3 is 1.79 bits per heavy atom. The number of carboxylic acid groups (broad SMARTS) is 1. The normalized spacial score (nSPS) is 11.4. The highest BCUT2D eigenvalue weighted by Crippen LogP contribution is 2.16. The molecule has 2 rings (SSSR count). The van der Waals surface area contributed by atoms with Gasteiger partial charge in [-0.15, -0.1) is 0 Å². The van der Waals surface area contributed by atoms with Crippen LogP contribution in [0.15, 0.2) is 37.4 Å². The lowest BCUT2D eigenvalue weighted by Gasteiger charge is -2.23. The van der Waals surface area contributed by atoms with E-state index in [1.165, 1.54) is 6.33 Å². The van der Waals surface area contributed by atoms with Crippen LogP contribution in [-0.2, 0) is 25.4 Å². The number of esters is 1. The fourth-order valence-electron chi connectivity index (χ4n) is 1.70. The van der Waals surface area contributed by atoms with E-state index in [4.69, 9.17) is 9.84 Å². The van der Waals surface area contributed by atoms with Crippen LogP contribution in [-0.4, -0.2) is 42.8 Å². The summed E-state index contributed by atoms with van der Waals surface area (Å²) in [7, 11) is 0. The van der Waals surface area contributed by atoms with Crippen LogP contribution in [0, 0.1) is 0 Å². The first-order chi connectivity index (χ1) is 11.1. The van der Waals surface area contributed by atoms with Crippen molar-refractivity contribution >= 4 is 11.9 Å². The minimum atomic E-state index is -0.906. The molecule has 0 aliphatic rings. The van der Waals surface area contributed by atoms with Gasteiger partial charge in [0.25, 0.3) is 0 Å². The van der Waals surface area contributed by atoms with Crippen LogP contribution in [0.3, 0.4) is 0 Å². The van der Waals surface area contributed by atoms with Crippen LogP contribution in [0.5, 0.6) is 0 Å². The first-order valence-corrected chi connectivity index (χ1v) is 7.51. The molecule has 0 aliphatic heterocycles. The minimum absolute atomic E-state index is 0.243. The monoisotopic (exact) mass is 336 g/mol. The number of hydrogen-bond donors (Lipinski definition) is 1. The van der Waals surface area contributed by atoms with E-state index < -0.39 is 17.0 Å². The topological polar surface area (TPSA) is 99.2 Å². The third-order valence-electron chi connectivity index (χ3n) is 3.60. The van der Waals surface area contributed by atoms with Crippen molar-refractivity contribution in [1.82, 2.24) is 19.1 Å². The lowest BCUT2D eigenvalue weighted by Crippen LogP contribution is -2.36. The molecule has 2 heterocycles. The number of carbonyl (C=O) groups excluding carboxylic acids is 1. The van der Waals surface area contributed by atoms with Crippen LogP contribution in [0.25, 0.3) is 0 Å². The van der Waals surface area contributed by atoms with Crippen LogP contribution in [0.4, 0.5) is 0 Å². The molecular formula is C16H24N4O4. The average molecular weight is 336 g/mol. The second-order valence-corrected chi connectivity index (χ2v) is 6.08. The van der Waals surface area contributed by atoms with Gasteiger partial charge in [-0.05, 0) is 34.6 Å². The predicted molar refractivity (Wildman–Crippen MR) is 87.4 cm³/mol. The average Bonchev–Trinajstić information content (AvgIpc) is 3.21. The minimum Gasteiger partial charge on any atom is -0.480 e. The van der Waals surface area contributed by atoms with E-state index in [0.29, 0.717) is 6.61 Å². The largest absolute Gasteiger partial charge is 0.480 e. The number of hydrogen-bond acceptors (Lipinski definition) is 5. The Hall–Kier alpha value is -2.64. The summed E-state index contributed by atoms with van der Waals surface area (Å²) < 4.78 is 8.22. The van der Waals surface area contributed by atoms with Crippen LogP contribution in [0.2, 0.25) is 0 Å². The standard InChI is InChI=1S/C9H14N2O2.C7H10N2O2/c1-4-13-8(12)9(2,3)11-6-5-10-7-11;1-7(2,6(10)11)9-4-3-8-5-9/h5-7H,4H2,1-3H3;3-5H,1-2H3,(H,10,11). The predicted octanol–water partition coefficient (Wildman–Crippen LogP) is 1.88. The maximum atomic E-state index is 11.5. The summed E-state index contributed by atoms with van der Waals surface area (Å²) in [5.74, 6) is -1.11. The second-order valence-electron chi connectivity index (χ2n) is 6.08. The Balaban J connectivity index is 0.000000243. The van der Waals surface area contributed by atoms with Crippen LogP contribution >= 0.6 is 0 Å². The van der Waals surface area contributed by atoms with Crippen molar-refractivity contribution in [3.63, 3.8) is 0 Å². The first-order valence-electron chi connectivity index (χ1n) is 7.51. The van der Waals surface area contributed by atoms with Gasteiger partial charge in [0.1, 0.15) is 11.1 Å². The van der Waals surface area contributed by atoms with Gasteiger partial charge in [0.05, 0.1) is 19.3 Å². The highest BCUT2D eigenvalue weighted by molar-refractivity contribution is 5.77. The van der Waals surface area contributed by atoms with Gasteiger partial charge in [0, 0.05) is 24.8 Å². The molecule has 0 saturated heterocycles. The lowest BCUT2D eigenvalue weighted by molar-refractivity contribution is -0.152. The number of nitrogens with zero attached hydrogens (tertiary/aromatic N) is 4. The zero-order valence-electron chi connectivity index (χ0n) is 14.6. The Morgan fingerprint density at radius 2 is 1.46 bits per heavy atom. The third kappa shape index (κ3) is 4.43. The van der Waals surface area contributed by atoms with Crippen molar-refractivity contribution in [3.05, 3.63) is 37.4 Å². The molecule has 0 fully saturated rings. The Labute approximate surface area is 141 Å². The van der Waals surface area contributed by atoms with Gasteiger partial charge in [-0.3, -0.25) is 0 Å². The fraction of sp³-hybridized carbons (Fsp3) is 0.500. The highest BCUT2D eigenvalue weighted by atomic mass is 16.5. The van der Waals surface area contributed by atoms with Crippen molar-refractivity contribution in [2.24, 2.45) is 0 Å². The number of rotatable bonds is 5. The number of aromatic nitrogens is 4. The van der Waals surface area contributed by atoms with E-state index in [1.807, 2.05) is 0 Å². The van der Waals surface area contributed by atoms with Gasteiger partial charge in [-0.25, -0.2) is 19.6 Å². The molecular weight excluding hydrogens is 312 g/mol. The maximum Gasteiger partial charge on any atom is 0.331 e. The van der Waals surface area contributed by atoms with Crippen molar-refractivity contribution in [2.75, 3.05) is 6.61 Å². The quantitative estimate of drug-likeness (QED) is 0.837.